The molecule has 0 aromatic heterocycles. The van der Waals surface area contributed by atoms with E-state index in [9.17, 15) is 9.59 Å². The number of carbonyl (C=O) groups is 2. The van der Waals surface area contributed by atoms with Gasteiger partial charge in [-0.2, -0.15) is 0 Å². The quantitative estimate of drug-likeness (QED) is 0.763. The van der Waals surface area contributed by atoms with Gasteiger partial charge in [0.2, 0.25) is 0 Å². The van der Waals surface area contributed by atoms with Crippen molar-refractivity contribution < 1.29 is 9.59 Å². The second kappa shape index (κ2) is 7.41. The zero-order valence-electron chi connectivity index (χ0n) is 11.6. The van der Waals surface area contributed by atoms with Crippen molar-refractivity contribution >= 4 is 17.6 Å². The maximum absolute atomic E-state index is 11.8. The smallest absolute Gasteiger partial charge is 0.319 e. The van der Waals surface area contributed by atoms with E-state index in [0.717, 1.165) is 12.8 Å². The number of amides is 3. The van der Waals surface area contributed by atoms with Crippen molar-refractivity contribution in [3.05, 3.63) is 29.8 Å². The molecular formula is C14H21N3O2. The maximum Gasteiger partial charge on any atom is 0.319 e. The zero-order chi connectivity index (χ0) is 14.3. The minimum absolute atomic E-state index is 0.146. The molecule has 1 aromatic rings. The molecule has 0 aliphatic rings. The highest BCUT2D eigenvalue weighted by Crippen LogP contribution is 2.14. The second-order valence-corrected chi connectivity index (χ2v) is 4.24. The Hall–Kier alpha value is -2.04. The summed E-state index contributed by atoms with van der Waals surface area (Å²) < 4.78 is 0. The lowest BCUT2D eigenvalue weighted by Gasteiger charge is -2.16. The third-order valence-corrected chi connectivity index (χ3v) is 2.97. The predicted molar refractivity (Wildman–Crippen MR) is 76.4 cm³/mol. The third-order valence-electron chi connectivity index (χ3n) is 2.97. The minimum Gasteiger partial charge on any atom is -0.355 e. The second-order valence-electron chi connectivity index (χ2n) is 4.24. The number of rotatable bonds is 5. The normalized spacial score (nSPS) is 10.1. The first-order valence-corrected chi connectivity index (χ1v) is 6.50. The number of carbonyl (C=O) groups excluding carboxylic acids is 2. The topological polar surface area (TPSA) is 70.2 Å². The summed E-state index contributed by atoms with van der Waals surface area (Å²) >= 11 is 0. The molecule has 5 heteroatoms. The highest BCUT2D eigenvalue weighted by Gasteiger charge is 2.13. The molecule has 5 nitrogen and oxygen atoms in total. The van der Waals surface area contributed by atoms with Crippen LogP contribution in [0.3, 0.4) is 0 Å². The van der Waals surface area contributed by atoms with E-state index in [2.05, 4.69) is 16.0 Å². The summed E-state index contributed by atoms with van der Waals surface area (Å²) in [4.78, 5) is 23.5. The van der Waals surface area contributed by atoms with Crippen LogP contribution in [0.1, 0.15) is 37.0 Å². The van der Waals surface area contributed by atoms with E-state index in [1.807, 2.05) is 13.8 Å². The Morgan fingerprint density at radius 1 is 1.16 bits per heavy atom. The lowest BCUT2D eigenvalue weighted by molar-refractivity contribution is 0.0964. The van der Waals surface area contributed by atoms with E-state index in [0.29, 0.717) is 11.3 Å². The molecule has 1 rings (SSSR count). The van der Waals surface area contributed by atoms with Crippen molar-refractivity contribution in [3.63, 3.8) is 0 Å². The number of nitrogens with one attached hydrogen (secondary N) is 3. The van der Waals surface area contributed by atoms with Gasteiger partial charge >= 0.3 is 6.03 Å². The molecule has 0 fully saturated rings. The zero-order valence-corrected chi connectivity index (χ0v) is 11.6. The van der Waals surface area contributed by atoms with Crippen LogP contribution in [0.4, 0.5) is 10.5 Å². The first-order chi connectivity index (χ1) is 9.12. The lowest BCUT2D eigenvalue weighted by atomic mass is 10.1. The molecule has 0 aliphatic carbocycles. The molecule has 3 amide bonds. The molecule has 0 heterocycles. The Morgan fingerprint density at radius 3 is 2.37 bits per heavy atom. The van der Waals surface area contributed by atoms with Crippen molar-refractivity contribution in [1.29, 1.82) is 0 Å². The highest BCUT2D eigenvalue weighted by molar-refractivity contribution is 6.03. The van der Waals surface area contributed by atoms with Gasteiger partial charge in [-0.1, -0.05) is 26.0 Å². The monoisotopic (exact) mass is 263 g/mol. The number of anilines is 1. The largest absolute Gasteiger partial charge is 0.355 e. The molecule has 0 spiro atoms. The van der Waals surface area contributed by atoms with Gasteiger partial charge in [0.25, 0.3) is 5.91 Å². The van der Waals surface area contributed by atoms with Gasteiger partial charge in [0.05, 0.1) is 11.3 Å². The molecule has 0 saturated carbocycles. The van der Waals surface area contributed by atoms with Crippen molar-refractivity contribution in [2.24, 2.45) is 0 Å². The molecule has 19 heavy (non-hydrogen) atoms. The van der Waals surface area contributed by atoms with Crippen LogP contribution < -0.4 is 16.0 Å². The van der Waals surface area contributed by atoms with Crippen LogP contribution in [0.25, 0.3) is 0 Å². The predicted octanol–water partition coefficient (Wildman–Crippen LogP) is 2.36. The van der Waals surface area contributed by atoms with Crippen LogP contribution in [0.15, 0.2) is 24.3 Å². The SMILES string of the molecule is CCC(CC)NC(=O)Nc1ccccc1C(=O)NC. The number of para-hydroxylation sites is 1. The number of urea groups is 1. The van der Waals surface area contributed by atoms with Crippen LogP contribution >= 0.6 is 0 Å². The van der Waals surface area contributed by atoms with Gasteiger partial charge in [-0.15, -0.1) is 0 Å². The first kappa shape index (κ1) is 15.0. The number of benzene rings is 1. The summed E-state index contributed by atoms with van der Waals surface area (Å²) in [5.41, 5.74) is 0.954. The van der Waals surface area contributed by atoms with Crippen LogP contribution in [0, 0.1) is 0 Å². The van der Waals surface area contributed by atoms with Crippen molar-refractivity contribution in [2.45, 2.75) is 32.7 Å². The first-order valence-electron chi connectivity index (χ1n) is 6.50. The Labute approximate surface area is 113 Å². The Morgan fingerprint density at radius 2 is 1.79 bits per heavy atom. The molecule has 0 bridgehead atoms. The Balaban J connectivity index is 2.76. The summed E-state index contributed by atoms with van der Waals surface area (Å²) in [5, 5.41) is 8.13. The molecule has 104 valence electrons. The lowest BCUT2D eigenvalue weighted by Crippen LogP contribution is -2.37. The summed E-state index contributed by atoms with van der Waals surface area (Å²) in [6.45, 7) is 4.04. The van der Waals surface area contributed by atoms with E-state index < -0.39 is 0 Å². The average molecular weight is 263 g/mol. The van der Waals surface area contributed by atoms with E-state index in [4.69, 9.17) is 0 Å². The van der Waals surface area contributed by atoms with Gasteiger partial charge in [-0.25, -0.2) is 4.79 Å². The Bertz CT molecular complexity index is 442. The van der Waals surface area contributed by atoms with Crippen LogP contribution in [0.5, 0.6) is 0 Å². The highest BCUT2D eigenvalue weighted by atomic mass is 16.2. The molecule has 0 atom stereocenters. The molecule has 0 radical (unpaired) electrons. The van der Waals surface area contributed by atoms with Crippen LogP contribution in [-0.2, 0) is 0 Å². The van der Waals surface area contributed by atoms with Gasteiger partial charge in [0.15, 0.2) is 0 Å². The molecule has 0 saturated heterocycles. The fraction of sp³-hybridized carbons (Fsp3) is 0.429. The van der Waals surface area contributed by atoms with Gasteiger partial charge in [-0.05, 0) is 25.0 Å². The van der Waals surface area contributed by atoms with Gasteiger partial charge in [0.1, 0.15) is 0 Å². The van der Waals surface area contributed by atoms with Crippen molar-refractivity contribution in [2.75, 3.05) is 12.4 Å². The van der Waals surface area contributed by atoms with E-state index in [1.54, 1.807) is 31.3 Å². The van der Waals surface area contributed by atoms with Crippen molar-refractivity contribution in [3.8, 4) is 0 Å². The Kier molecular flexibility index (Phi) is 5.85. The third kappa shape index (κ3) is 4.28. The standard InChI is InChI=1S/C14H21N3O2/c1-4-10(5-2)16-14(19)17-12-9-7-6-8-11(12)13(18)15-3/h6-10H,4-5H2,1-3H3,(H,15,18)(H2,16,17,19). The summed E-state index contributed by atoms with van der Waals surface area (Å²) in [5.74, 6) is -0.224. The minimum atomic E-state index is -0.287. The molecule has 0 aliphatic heterocycles. The fourth-order valence-corrected chi connectivity index (χ4v) is 1.76. The number of hydrogen-bond acceptors (Lipinski definition) is 2. The summed E-state index contributed by atoms with van der Waals surface area (Å²) in [6.07, 6.45) is 1.75. The van der Waals surface area contributed by atoms with Gasteiger partial charge in [0, 0.05) is 13.1 Å². The van der Waals surface area contributed by atoms with E-state index in [-0.39, 0.29) is 18.0 Å². The van der Waals surface area contributed by atoms with Crippen molar-refractivity contribution in [1.82, 2.24) is 10.6 Å². The molecular weight excluding hydrogens is 242 g/mol. The molecule has 1 aromatic carbocycles. The number of hydrogen-bond donors (Lipinski definition) is 3. The maximum atomic E-state index is 11.8. The molecule has 0 unspecified atom stereocenters. The van der Waals surface area contributed by atoms with Gasteiger partial charge < -0.3 is 16.0 Å². The van der Waals surface area contributed by atoms with E-state index >= 15 is 0 Å². The molecule has 3 N–H and O–H groups in total. The summed E-state index contributed by atoms with van der Waals surface area (Å²) in [6, 6.07) is 6.77. The fourth-order valence-electron chi connectivity index (χ4n) is 1.76. The van der Waals surface area contributed by atoms with Gasteiger partial charge in [-0.3, -0.25) is 4.79 Å². The summed E-state index contributed by atoms with van der Waals surface area (Å²) in [7, 11) is 1.56. The van der Waals surface area contributed by atoms with Crippen LogP contribution in [-0.4, -0.2) is 25.0 Å². The van der Waals surface area contributed by atoms with E-state index in [1.165, 1.54) is 0 Å². The van der Waals surface area contributed by atoms with Crippen LogP contribution in [0.2, 0.25) is 0 Å². The average Bonchev–Trinajstić information content (AvgIpc) is 2.44.